The van der Waals surface area contributed by atoms with Crippen LogP contribution in [-0.2, 0) is 0 Å². The summed E-state index contributed by atoms with van der Waals surface area (Å²) in [6, 6.07) is 0. The second-order valence-corrected chi connectivity index (χ2v) is 5.78. The summed E-state index contributed by atoms with van der Waals surface area (Å²) >= 11 is 3.03. The van der Waals surface area contributed by atoms with Gasteiger partial charge in [-0.15, -0.1) is 0 Å². The van der Waals surface area contributed by atoms with Gasteiger partial charge < -0.3 is 5.11 Å². The van der Waals surface area contributed by atoms with E-state index in [2.05, 4.69) is 9.36 Å². The SMILES string of the molecule is OC1(CSc2ncns2)CCCCC1. The minimum Gasteiger partial charge on any atom is -0.389 e. The number of aliphatic hydroxyl groups is 1. The van der Waals surface area contributed by atoms with Crippen molar-refractivity contribution in [2.75, 3.05) is 5.75 Å². The molecule has 0 aliphatic heterocycles. The zero-order chi connectivity index (χ0) is 9.86. The van der Waals surface area contributed by atoms with Gasteiger partial charge >= 0.3 is 0 Å². The summed E-state index contributed by atoms with van der Waals surface area (Å²) in [5, 5.41) is 10.2. The van der Waals surface area contributed by atoms with Gasteiger partial charge in [-0.25, -0.2) is 4.98 Å². The van der Waals surface area contributed by atoms with E-state index < -0.39 is 5.60 Å². The van der Waals surface area contributed by atoms with E-state index in [0.29, 0.717) is 0 Å². The molecular weight excluding hydrogens is 216 g/mol. The Morgan fingerprint density at radius 1 is 1.43 bits per heavy atom. The van der Waals surface area contributed by atoms with Crippen molar-refractivity contribution in [2.24, 2.45) is 0 Å². The van der Waals surface area contributed by atoms with E-state index >= 15 is 0 Å². The van der Waals surface area contributed by atoms with Gasteiger partial charge in [0.2, 0.25) is 0 Å². The van der Waals surface area contributed by atoms with Crippen LogP contribution in [0.2, 0.25) is 0 Å². The zero-order valence-electron chi connectivity index (χ0n) is 7.98. The number of rotatable bonds is 3. The topological polar surface area (TPSA) is 46.0 Å². The van der Waals surface area contributed by atoms with Gasteiger partial charge in [0, 0.05) is 5.75 Å². The first kappa shape index (κ1) is 10.4. The molecule has 14 heavy (non-hydrogen) atoms. The summed E-state index contributed by atoms with van der Waals surface area (Å²) in [6.07, 6.45) is 7.04. The van der Waals surface area contributed by atoms with Crippen LogP contribution in [0.25, 0.3) is 0 Å². The van der Waals surface area contributed by atoms with Crippen LogP contribution in [0.5, 0.6) is 0 Å². The van der Waals surface area contributed by atoms with Gasteiger partial charge in [0.05, 0.1) is 5.60 Å². The van der Waals surface area contributed by atoms with Crippen molar-refractivity contribution < 1.29 is 5.11 Å². The van der Waals surface area contributed by atoms with Crippen LogP contribution in [0, 0.1) is 0 Å². The van der Waals surface area contributed by atoms with Crippen molar-refractivity contribution in [1.82, 2.24) is 9.36 Å². The molecule has 1 heterocycles. The number of hydrogen-bond acceptors (Lipinski definition) is 5. The molecule has 0 unspecified atom stereocenters. The summed E-state index contributed by atoms with van der Waals surface area (Å²) < 4.78 is 4.90. The monoisotopic (exact) mass is 230 g/mol. The normalized spacial score (nSPS) is 20.9. The quantitative estimate of drug-likeness (QED) is 0.810. The van der Waals surface area contributed by atoms with Gasteiger partial charge in [0.15, 0.2) is 4.34 Å². The van der Waals surface area contributed by atoms with Crippen LogP contribution in [0.3, 0.4) is 0 Å². The fourth-order valence-electron chi connectivity index (χ4n) is 1.78. The Morgan fingerprint density at radius 2 is 2.21 bits per heavy atom. The van der Waals surface area contributed by atoms with E-state index in [9.17, 15) is 5.11 Å². The highest BCUT2D eigenvalue weighted by molar-refractivity contribution is 8.01. The molecule has 0 saturated heterocycles. The molecule has 0 atom stereocenters. The second-order valence-electron chi connectivity index (χ2n) is 3.78. The molecule has 1 N–H and O–H groups in total. The summed E-state index contributed by atoms with van der Waals surface area (Å²) in [5.41, 5.74) is -0.450. The van der Waals surface area contributed by atoms with E-state index in [4.69, 9.17) is 0 Å². The largest absolute Gasteiger partial charge is 0.389 e. The highest BCUT2D eigenvalue weighted by atomic mass is 32.2. The van der Waals surface area contributed by atoms with Crippen LogP contribution >= 0.6 is 23.3 Å². The number of nitrogens with zero attached hydrogens (tertiary/aromatic N) is 2. The van der Waals surface area contributed by atoms with Gasteiger partial charge in [-0.3, -0.25) is 0 Å². The van der Waals surface area contributed by atoms with Crippen molar-refractivity contribution >= 4 is 23.3 Å². The van der Waals surface area contributed by atoms with Crippen molar-refractivity contribution in [3.05, 3.63) is 6.33 Å². The third kappa shape index (κ3) is 2.68. The molecule has 1 aromatic heterocycles. The Hall–Kier alpha value is -0.130. The smallest absolute Gasteiger partial charge is 0.169 e. The predicted octanol–water partition coefficient (Wildman–Crippen LogP) is 2.33. The van der Waals surface area contributed by atoms with E-state index in [0.717, 1.165) is 35.8 Å². The van der Waals surface area contributed by atoms with Crippen LogP contribution in [0.4, 0.5) is 0 Å². The molecule has 1 fully saturated rings. The van der Waals surface area contributed by atoms with Gasteiger partial charge in [-0.05, 0) is 24.4 Å². The first-order valence-corrected chi connectivity index (χ1v) is 6.66. The lowest BCUT2D eigenvalue weighted by Gasteiger charge is -2.31. The Morgan fingerprint density at radius 3 is 2.86 bits per heavy atom. The van der Waals surface area contributed by atoms with Gasteiger partial charge in [-0.2, -0.15) is 4.37 Å². The van der Waals surface area contributed by atoms with Crippen LogP contribution < -0.4 is 0 Å². The van der Waals surface area contributed by atoms with E-state index in [1.807, 2.05) is 0 Å². The maximum atomic E-state index is 10.2. The highest BCUT2D eigenvalue weighted by Crippen LogP contribution is 2.33. The Kier molecular flexibility index (Phi) is 3.41. The lowest BCUT2D eigenvalue weighted by Crippen LogP contribution is -2.33. The summed E-state index contributed by atoms with van der Waals surface area (Å²) in [7, 11) is 0. The number of thioether (sulfide) groups is 1. The fourth-order valence-corrected chi connectivity index (χ4v) is 3.37. The molecule has 1 aromatic rings. The van der Waals surface area contributed by atoms with E-state index in [1.54, 1.807) is 18.1 Å². The van der Waals surface area contributed by atoms with Gasteiger partial charge in [0.1, 0.15) is 6.33 Å². The maximum absolute atomic E-state index is 10.2. The standard InChI is InChI=1S/C9H14N2OS2/c12-9(4-2-1-3-5-9)6-13-8-10-7-11-14-8/h7,12H,1-6H2. The van der Waals surface area contributed by atoms with Gasteiger partial charge in [-0.1, -0.05) is 31.0 Å². The van der Waals surface area contributed by atoms with Crippen LogP contribution in [0.1, 0.15) is 32.1 Å². The summed E-state index contributed by atoms with van der Waals surface area (Å²) in [6.45, 7) is 0. The minimum atomic E-state index is -0.450. The molecule has 1 saturated carbocycles. The number of aromatic nitrogens is 2. The lowest BCUT2D eigenvalue weighted by molar-refractivity contribution is 0.0273. The molecule has 78 valence electrons. The van der Waals surface area contributed by atoms with Crippen LogP contribution in [0.15, 0.2) is 10.7 Å². The highest BCUT2D eigenvalue weighted by Gasteiger charge is 2.29. The van der Waals surface area contributed by atoms with Crippen molar-refractivity contribution in [3.63, 3.8) is 0 Å². The second kappa shape index (κ2) is 4.59. The average Bonchev–Trinajstić information content (AvgIpc) is 2.69. The number of hydrogen-bond donors (Lipinski definition) is 1. The van der Waals surface area contributed by atoms with Crippen molar-refractivity contribution in [3.8, 4) is 0 Å². The maximum Gasteiger partial charge on any atom is 0.169 e. The Labute approximate surface area is 92.1 Å². The molecule has 3 nitrogen and oxygen atoms in total. The van der Waals surface area contributed by atoms with E-state index in [-0.39, 0.29) is 0 Å². The molecule has 0 spiro atoms. The van der Waals surface area contributed by atoms with Gasteiger partial charge in [0.25, 0.3) is 0 Å². The predicted molar refractivity (Wildman–Crippen MR) is 58.7 cm³/mol. The molecule has 1 aliphatic rings. The molecular formula is C9H14N2OS2. The Balaban J connectivity index is 1.84. The fraction of sp³-hybridized carbons (Fsp3) is 0.778. The van der Waals surface area contributed by atoms with E-state index in [1.165, 1.54) is 18.0 Å². The lowest BCUT2D eigenvalue weighted by atomic mass is 9.86. The van der Waals surface area contributed by atoms with Crippen LogP contribution in [-0.4, -0.2) is 25.8 Å². The summed E-state index contributed by atoms with van der Waals surface area (Å²) in [4.78, 5) is 4.09. The first-order valence-electron chi connectivity index (χ1n) is 4.90. The first-order chi connectivity index (χ1) is 6.79. The van der Waals surface area contributed by atoms with Crippen molar-refractivity contribution in [2.45, 2.75) is 42.0 Å². The minimum absolute atomic E-state index is 0.450. The molecule has 2 rings (SSSR count). The molecule has 0 amide bonds. The summed E-state index contributed by atoms with van der Waals surface area (Å²) in [5.74, 6) is 0.766. The molecule has 0 bridgehead atoms. The molecule has 5 heteroatoms. The average molecular weight is 230 g/mol. The molecule has 1 aliphatic carbocycles. The Bertz CT molecular complexity index is 270. The molecule has 0 radical (unpaired) electrons. The molecule has 0 aromatic carbocycles. The third-order valence-electron chi connectivity index (χ3n) is 2.59. The van der Waals surface area contributed by atoms with Crippen molar-refractivity contribution in [1.29, 1.82) is 0 Å². The zero-order valence-corrected chi connectivity index (χ0v) is 9.61. The third-order valence-corrected chi connectivity index (χ3v) is 4.66.